The van der Waals surface area contributed by atoms with Gasteiger partial charge in [0.1, 0.15) is 0 Å². The highest BCUT2D eigenvalue weighted by Crippen LogP contribution is 2.48. The number of carbonyl (C=O) groups excluding carboxylic acids is 1. The summed E-state index contributed by atoms with van der Waals surface area (Å²) in [5, 5.41) is 0. The zero-order chi connectivity index (χ0) is 12.0. The van der Waals surface area contributed by atoms with Crippen LogP contribution in [0.3, 0.4) is 0 Å². The van der Waals surface area contributed by atoms with Gasteiger partial charge in [0.15, 0.2) is 5.78 Å². The third kappa shape index (κ3) is 1.71. The van der Waals surface area contributed by atoms with Crippen molar-refractivity contribution < 1.29 is 4.79 Å². The highest BCUT2D eigenvalue weighted by Gasteiger charge is 2.40. The molecule has 3 rings (SSSR count). The minimum Gasteiger partial charge on any atom is -0.294 e. The summed E-state index contributed by atoms with van der Waals surface area (Å²) >= 11 is 0. The average Bonchev–Trinajstić information content (AvgIpc) is 2.35. The Labute approximate surface area is 104 Å². The van der Waals surface area contributed by atoms with Crippen molar-refractivity contribution in [3.63, 3.8) is 0 Å². The fourth-order valence-corrected chi connectivity index (χ4v) is 4.13. The Morgan fingerprint density at radius 2 is 2.12 bits per heavy atom. The SMILES string of the molecule is CCC1=C(C)C(=O)[C@H]2CC3CCC[C@H](C3)C2=C1. The first-order valence-electron chi connectivity index (χ1n) is 7.16. The van der Waals surface area contributed by atoms with Crippen molar-refractivity contribution >= 4 is 5.78 Å². The molecule has 2 saturated carbocycles. The van der Waals surface area contributed by atoms with Crippen molar-refractivity contribution in [2.75, 3.05) is 0 Å². The molecule has 0 N–H and O–H groups in total. The molecule has 1 unspecified atom stereocenters. The van der Waals surface area contributed by atoms with Gasteiger partial charge in [-0.25, -0.2) is 0 Å². The molecule has 17 heavy (non-hydrogen) atoms. The zero-order valence-electron chi connectivity index (χ0n) is 11.0. The van der Waals surface area contributed by atoms with Crippen LogP contribution in [0.2, 0.25) is 0 Å². The van der Waals surface area contributed by atoms with E-state index < -0.39 is 0 Å². The second-order valence-electron chi connectivity index (χ2n) is 6.03. The third-order valence-corrected chi connectivity index (χ3v) is 5.12. The van der Waals surface area contributed by atoms with Gasteiger partial charge in [0.2, 0.25) is 0 Å². The molecule has 1 nitrogen and oxygen atoms in total. The van der Waals surface area contributed by atoms with E-state index in [4.69, 9.17) is 0 Å². The Bertz CT molecular complexity index is 413. The van der Waals surface area contributed by atoms with E-state index in [1.54, 1.807) is 0 Å². The van der Waals surface area contributed by atoms with Gasteiger partial charge in [0, 0.05) is 5.92 Å². The molecule has 0 spiro atoms. The van der Waals surface area contributed by atoms with E-state index in [2.05, 4.69) is 13.0 Å². The van der Waals surface area contributed by atoms with E-state index in [1.807, 2.05) is 6.92 Å². The van der Waals surface area contributed by atoms with Crippen molar-refractivity contribution in [2.45, 2.75) is 52.4 Å². The molecule has 0 aromatic rings. The molecule has 0 aromatic heterocycles. The van der Waals surface area contributed by atoms with Gasteiger partial charge in [-0.1, -0.05) is 31.4 Å². The summed E-state index contributed by atoms with van der Waals surface area (Å²) in [6, 6.07) is 0. The number of carbonyl (C=O) groups is 1. The van der Waals surface area contributed by atoms with Gasteiger partial charge in [-0.3, -0.25) is 4.79 Å². The topological polar surface area (TPSA) is 17.1 Å². The van der Waals surface area contributed by atoms with E-state index in [1.165, 1.54) is 36.8 Å². The summed E-state index contributed by atoms with van der Waals surface area (Å²) in [5.74, 6) is 2.26. The summed E-state index contributed by atoms with van der Waals surface area (Å²) in [7, 11) is 0. The number of Topliss-reactive ketones (excluding diaryl/α,β-unsaturated/α-hetero) is 1. The Hall–Kier alpha value is -0.850. The average molecular weight is 230 g/mol. The van der Waals surface area contributed by atoms with Gasteiger partial charge in [0.05, 0.1) is 0 Å². The maximum atomic E-state index is 12.5. The van der Waals surface area contributed by atoms with Crippen LogP contribution in [0, 0.1) is 17.8 Å². The van der Waals surface area contributed by atoms with Crippen LogP contribution in [0.4, 0.5) is 0 Å². The Morgan fingerprint density at radius 1 is 1.29 bits per heavy atom. The molecule has 0 heterocycles. The number of rotatable bonds is 1. The first-order chi connectivity index (χ1) is 8.20. The summed E-state index contributed by atoms with van der Waals surface area (Å²) in [6.07, 6.45) is 9.93. The van der Waals surface area contributed by atoms with Gasteiger partial charge in [-0.15, -0.1) is 0 Å². The van der Waals surface area contributed by atoms with Crippen LogP contribution in [0.15, 0.2) is 22.8 Å². The second-order valence-corrected chi connectivity index (χ2v) is 6.03. The van der Waals surface area contributed by atoms with Crippen LogP contribution in [0.5, 0.6) is 0 Å². The van der Waals surface area contributed by atoms with Gasteiger partial charge >= 0.3 is 0 Å². The molecule has 2 fully saturated rings. The molecule has 2 bridgehead atoms. The Balaban J connectivity index is 2.00. The third-order valence-electron chi connectivity index (χ3n) is 5.12. The predicted octanol–water partition coefficient (Wildman–Crippen LogP) is 4.05. The maximum absolute atomic E-state index is 12.5. The minimum atomic E-state index is 0.259. The van der Waals surface area contributed by atoms with Gasteiger partial charge < -0.3 is 0 Å². The molecule has 0 radical (unpaired) electrons. The summed E-state index contributed by atoms with van der Waals surface area (Å²) in [5.41, 5.74) is 3.83. The molecule has 1 heteroatoms. The zero-order valence-corrected chi connectivity index (χ0v) is 11.0. The number of fused-ring (bicyclic) bond motifs is 4. The summed E-state index contributed by atoms with van der Waals surface area (Å²) in [4.78, 5) is 12.5. The second kappa shape index (κ2) is 4.12. The molecule has 3 atom stereocenters. The first-order valence-corrected chi connectivity index (χ1v) is 7.16. The fraction of sp³-hybridized carbons (Fsp3) is 0.688. The van der Waals surface area contributed by atoms with Crippen molar-refractivity contribution in [1.29, 1.82) is 0 Å². The fourth-order valence-electron chi connectivity index (χ4n) is 4.13. The van der Waals surface area contributed by atoms with Crippen molar-refractivity contribution in [3.05, 3.63) is 22.8 Å². The number of ketones is 1. The van der Waals surface area contributed by atoms with Crippen LogP contribution in [0.1, 0.15) is 52.4 Å². The Morgan fingerprint density at radius 3 is 2.88 bits per heavy atom. The molecule has 0 aliphatic heterocycles. The van der Waals surface area contributed by atoms with E-state index in [9.17, 15) is 4.79 Å². The van der Waals surface area contributed by atoms with Crippen LogP contribution < -0.4 is 0 Å². The van der Waals surface area contributed by atoms with E-state index >= 15 is 0 Å². The lowest BCUT2D eigenvalue weighted by Crippen LogP contribution is -2.35. The Kier molecular flexibility index (Phi) is 2.72. The molecular weight excluding hydrogens is 208 g/mol. The van der Waals surface area contributed by atoms with E-state index in [0.717, 1.165) is 30.3 Å². The van der Waals surface area contributed by atoms with Crippen LogP contribution in [0.25, 0.3) is 0 Å². The van der Waals surface area contributed by atoms with Crippen molar-refractivity contribution in [3.8, 4) is 0 Å². The maximum Gasteiger partial charge on any atom is 0.165 e. The van der Waals surface area contributed by atoms with Crippen molar-refractivity contribution in [1.82, 2.24) is 0 Å². The highest BCUT2D eigenvalue weighted by molar-refractivity contribution is 6.01. The lowest BCUT2D eigenvalue weighted by Gasteiger charge is -2.42. The van der Waals surface area contributed by atoms with Crippen molar-refractivity contribution in [2.24, 2.45) is 17.8 Å². The molecule has 0 aromatic carbocycles. The summed E-state index contributed by atoms with van der Waals surface area (Å²) < 4.78 is 0. The lowest BCUT2D eigenvalue weighted by molar-refractivity contribution is -0.119. The number of hydrogen-bond acceptors (Lipinski definition) is 1. The van der Waals surface area contributed by atoms with Gasteiger partial charge in [0.25, 0.3) is 0 Å². The van der Waals surface area contributed by atoms with E-state index in [0.29, 0.717) is 5.78 Å². The monoisotopic (exact) mass is 230 g/mol. The quantitative estimate of drug-likeness (QED) is 0.664. The lowest BCUT2D eigenvalue weighted by atomic mass is 9.61. The normalized spacial score (nSPS) is 36.7. The molecule has 0 amide bonds. The molecule has 0 saturated heterocycles. The highest BCUT2D eigenvalue weighted by atomic mass is 16.1. The van der Waals surface area contributed by atoms with Gasteiger partial charge in [-0.05, 0) is 55.6 Å². The van der Waals surface area contributed by atoms with Crippen LogP contribution in [-0.2, 0) is 4.79 Å². The van der Waals surface area contributed by atoms with Crippen LogP contribution in [-0.4, -0.2) is 5.78 Å². The predicted molar refractivity (Wildman–Crippen MR) is 69.6 cm³/mol. The van der Waals surface area contributed by atoms with Crippen LogP contribution >= 0.6 is 0 Å². The number of hydrogen-bond donors (Lipinski definition) is 0. The molecule has 3 aliphatic carbocycles. The summed E-state index contributed by atoms with van der Waals surface area (Å²) in [6.45, 7) is 4.19. The number of allylic oxidation sites excluding steroid dienone is 4. The minimum absolute atomic E-state index is 0.259. The largest absolute Gasteiger partial charge is 0.294 e. The smallest absolute Gasteiger partial charge is 0.165 e. The van der Waals surface area contributed by atoms with E-state index in [-0.39, 0.29) is 5.92 Å². The standard InChI is InChI=1S/C16H22O/c1-3-12-9-14-13-6-4-5-11(7-13)8-15(14)16(17)10(12)2/h9,11,13,15H,3-8H2,1-2H3/t11?,13-,15+/m1/s1. The molecule has 3 aliphatic rings. The molecule has 92 valence electrons. The van der Waals surface area contributed by atoms with Gasteiger partial charge in [-0.2, -0.15) is 0 Å². The first kappa shape index (κ1) is 11.3. The molecular formula is C16H22O.